The second kappa shape index (κ2) is 8.79. The average molecular weight is 434 g/mol. The van der Waals surface area contributed by atoms with Gasteiger partial charge < -0.3 is 9.80 Å². The second-order valence-corrected chi connectivity index (χ2v) is 9.45. The first-order valence-electron chi connectivity index (χ1n) is 9.46. The topological polar surface area (TPSA) is 53.1 Å². The van der Waals surface area contributed by atoms with Crippen molar-refractivity contribution in [3.8, 4) is 0 Å². The van der Waals surface area contributed by atoms with Crippen molar-refractivity contribution in [2.24, 2.45) is 0 Å². The standard InChI is InChI=1S/C21H27N3O3S2/c1-16-5-8-19(9-6-16)29(25,26)27-12-11-23-14-22(4)21(28)24(15-23)20-10-7-17(2)13-18(20)3/h5-10,13H,11-12,14-15H2,1-4H3. The van der Waals surface area contributed by atoms with Crippen molar-refractivity contribution in [3.63, 3.8) is 0 Å². The largest absolute Gasteiger partial charge is 0.339 e. The third kappa shape index (κ3) is 5.14. The van der Waals surface area contributed by atoms with Crippen LogP contribution in [0.1, 0.15) is 16.7 Å². The lowest BCUT2D eigenvalue weighted by atomic mass is 10.1. The molecule has 0 amide bonds. The zero-order chi connectivity index (χ0) is 21.2. The molecule has 0 saturated carbocycles. The molecule has 2 aromatic carbocycles. The summed E-state index contributed by atoms with van der Waals surface area (Å²) in [4.78, 5) is 6.34. The van der Waals surface area contributed by atoms with Gasteiger partial charge in [-0.05, 0) is 56.8 Å². The molecule has 0 spiro atoms. The van der Waals surface area contributed by atoms with Gasteiger partial charge in [-0.2, -0.15) is 8.42 Å². The van der Waals surface area contributed by atoms with Crippen molar-refractivity contribution >= 4 is 33.1 Å². The first-order chi connectivity index (χ1) is 13.7. The summed E-state index contributed by atoms with van der Waals surface area (Å²) in [5.41, 5.74) is 4.42. The Morgan fingerprint density at radius 1 is 1.00 bits per heavy atom. The zero-order valence-corrected chi connectivity index (χ0v) is 18.9. The van der Waals surface area contributed by atoms with Crippen LogP contribution in [0.4, 0.5) is 5.69 Å². The summed E-state index contributed by atoms with van der Waals surface area (Å²) in [5.74, 6) is 0. The Labute approximate surface area is 178 Å². The smallest absolute Gasteiger partial charge is 0.297 e. The molecule has 0 radical (unpaired) electrons. The third-order valence-corrected chi connectivity index (χ3v) is 6.77. The van der Waals surface area contributed by atoms with E-state index >= 15 is 0 Å². The van der Waals surface area contributed by atoms with E-state index in [2.05, 4.69) is 41.8 Å². The van der Waals surface area contributed by atoms with Crippen LogP contribution in [0.15, 0.2) is 47.4 Å². The van der Waals surface area contributed by atoms with E-state index in [1.807, 2.05) is 18.9 Å². The lowest BCUT2D eigenvalue weighted by Gasteiger charge is -2.43. The number of aryl methyl sites for hydroxylation is 3. The van der Waals surface area contributed by atoms with Gasteiger partial charge in [0.15, 0.2) is 5.11 Å². The number of nitrogens with zero attached hydrogens (tertiary/aromatic N) is 3. The predicted molar refractivity (Wildman–Crippen MR) is 120 cm³/mol. The van der Waals surface area contributed by atoms with Gasteiger partial charge in [0.05, 0.1) is 24.8 Å². The van der Waals surface area contributed by atoms with E-state index in [4.69, 9.17) is 16.4 Å². The fourth-order valence-corrected chi connectivity index (χ4v) is 4.46. The van der Waals surface area contributed by atoms with E-state index in [0.717, 1.165) is 21.9 Å². The molecule has 2 aromatic rings. The van der Waals surface area contributed by atoms with E-state index in [1.54, 1.807) is 24.3 Å². The highest BCUT2D eigenvalue weighted by molar-refractivity contribution is 7.86. The zero-order valence-electron chi connectivity index (χ0n) is 17.3. The average Bonchev–Trinajstić information content (AvgIpc) is 2.65. The summed E-state index contributed by atoms with van der Waals surface area (Å²) in [7, 11) is -1.82. The van der Waals surface area contributed by atoms with E-state index in [1.165, 1.54) is 5.56 Å². The van der Waals surface area contributed by atoms with Gasteiger partial charge in [-0.15, -0.1) is 0 Å². The fourth-order valence-electron chi connectivity index (χ4n) is 3.35. The summed E-state index contributed by atoms with van der Waals surface area (Å²) in [6, 6.07) is 12.9. The van der Waals surface area contributed by atoms with Crippen molar-refractivity contribution in [1.82, 2.24) is 9.80 Å². The van der Waals surface area contributed by atoms with Crippen LogP contribution in [-0.2, 0) is 14.3 Å². The molecule has 8 heteroatoms. The SMILES string of the molecule is Cc1ccc(S(=O)(=O)OCCN2CN(C)C(=S)N(c3ccc(C)cc3C)C2)cc1. The Balaban J connectivity index is 1.65. The maximum absolute atomic E-state index is 12.4. The molecular formula is C21H27N3O3S2. The maximum atomic E-state index is 12.4. The lowest BCUT2D eigenvalue weighted by Crippen LogP contribution is -2.57. The van der Waals surface area contributed by atoms with Gasteiger partial charge in [-0.25, -0.2) is 0 Å². The van der Waals surface area contributed by atoms with Crippen LogP contribution in [0.3, 0.4) is 0 Å². The number of anilines is 1. The van der Waals surface area contributed by atoms with Gasteiger partial charge in [0.25, 0.3) is 10.1 Å². The van der Waals surface area contributed by atoms with E-state index < -0.39 is 10.1 Å². The minimum atomic E-state index is -3.76. The van der Waals surface area contributed by atoms with Crippen molar-refractivity contribution in [2.45, 2.75) is 25.7 Å². The summed E-state index contributed by atoms with van der Waals surface area (Å²) in [5, 5.41) is 0.751. The van der Waals surface area contributed by atoms with Crippen LogP contribution >= 0.6 is 12.2 Å². The van der Waals surface area contributed by atoms with Crippen LogP contribution in [0, 0.1) is 20.8 Å². The van der Waals surface area contributed by atoms with Crippen molar-refractivity contribution < 1.29 is 12.6 Å². The maximum Gasteiger partial charge on any atom is 0.297 e. The summed E-state index contributed by atoms with van der Waals surface area (Å²) < 4.78 is 30.0. The molecule has 3 rings (SSSR count). The van der Waals surface area contributed by atoms with Crippen LogP contribution in [0.2, 0.25) is 0 Å². The summed E-state index contributed by atoms with van der Waals surface area (Å²) in [6.07, 6.45) is 0. The number of hydrogen-bond donors (Lipinski definition) is 0. The molecule has 0 N–H and O–H groups in total. The molecule has 6 nitrogen and oxygen atoms in total. The molecule has 1 heterocycles. The highest BCUT2D eigenvalue weighted by atomic mass is 32.2. The van der Waals surface area contributed by atoms with Gasteiger partial charge in [0, 0.05) is 19.3 Å². The van der Waals surface area contributed by atoms with E-state index in [-0.39, 0.29) is 11.5 Å². The fraction of sp³-hybridized carbons (Fsp3) is 0.381. The van der Waals surface area contributed by atoms with Crippen LogP contribution < -0.4 is 4.90 Å². The Bertz CT molecular complexity index is 991. The number of benzene rings is 2. The molecule has 0 aliphatic carbocycles. The highest BCUT2D eigenvalue weighted by Gasteiger charge is 2.27. The molecule has 1 aliphatic heterocycles. The van der Waals surface area contributed by atoms with Gasteiger partial charge >= 0.3 is 0 Å². The minimum absolute atomic E-state index is 0.0809. The second-order valence-electron chi connectivity index (χ2n) is 7.46. The van der Waals surface area contributed by atoms with Gasteiger partial charge in [-0.3, -0.25) is 9.08 Å². The van der Waals surface area contributed by atoms with Gasteiger partial charge in [0.1, 0.15) is 0 Å². The Kier molecular flexibility index (Phi) is 6.58. The van der Waals surface area contributed by atoms with Crippen LogP contribution in [0.25, 0.3) is 0 Å². The molecule has 156 valence electrons. The quantitative estimate of drug-likeness (QED) is 0.512. The molecule has 1 saturated heterocycles. The normalized spacial score (nSPS) is 15.8. The third-order valence-electron chi connectivity index (χ3n) is 4.91. The molecule has 29 heavy (non-hydrogen) atoms. The number of thiocarbonyl (C=S) groups is 1. The van der Waals surface area contributed by atoms with Gasteiger partial charge in [-0.1, -0.05) is 35.4 Å². The first-order valence-corrected chi connectivity index (χ1v) is 11.3. The van der Waals surface area contributed by atoms with Crippen LogP contribution in [-0.4, -0.2) is 56.9 Å². The summed E-state index contributed by atoms with van der Waals surface area (Å²) in [6.45, 7) is 7.80. The van der Waals surface area contributed by atoms with E-state index in [0.29, 0.717) is 19.9 Å². The van der Waals surface area contributed by atoms with Gasteiger partial charge in [0.2, 0.25) is 0 Å². The monoisotopic (exact) mass is 433 g/mol. The lowest BCUT2D eigenvalue weighted by molar-refractivity contribution is 0.156. The molecule has 1 fully saturated rings. The number of hydrogen-bond acceptors (Lipinski definition) is 5. The molecule has 0 bridgehead atoms. The van der Waals surface area contributed by atoms with E-state index in [9.17, 15) is 8.42 Å². The Hall–Kier alpha value is -2.00. The van der Waals surface area contributed by atoms with Crippen molar-refractivity contribution in [2.75, 3.05) is 38.4 Å². The minimum Gasteiger partial charge on any atom is -0.339 e. The number of rotatable bonds is 6. The summed E-state index contributed by atoms with van der Waals surface area (Å²) >= 11 is 5.62. The highest BCUT2D eigenvalue weighted by Crippen LogP contribution is 2.25. The molecular weight excluding hydrogens is 406 g/mol. The first kappa shape index (κ1) is 21.7. The molecule has 0 aromatic heterocycles. The molecule has 1 aliphatic rings. The Morgan fingerprint density at radius 3 is 2.31 bits per heavy atom. The molecule has 0 unspecified atom stereocenters. The predicted octanol–water partition coefficient (Wildman–Crippen LogP) is 3.27. The van der Waals surface area contributed by atoms with Crippen molar-refractivity contribution in [1.29, 1.82) is 0 Å². The van der Waals surface area contributed by atoms with Crippen molar-refractivity contribution in [3.05, 3.63) is 59.2 Å². The molecule has 0 atom stereocenters. The van der Waals surface area contributed by atoms with Crippen LogP contribution in [0.5, 0.6) is 0 Å². The Morgan fingerprint density at radius 2 is 1.66 bits per heavy atom.